The number of thiazole rings is 1. The molecule has 1 heterocycles. The van der Waals surface area contributed by atoms with Crippen LogP contribution in [0.3, 0.4) is 0 Å². The lowest BCUT2D eigenvalue weighted by atomic mass is 10.1. The molecule has 0 unspecified atom stereocenters. The third-order valence-corrected chi connectivity index (χ3v) is 5.22. The zero-order valence-electron chi connectivity index (χ0n) is 16.3. The number of para-hydroxylation sites is 1. The van der Waals surface area contributed by atoms with Gasteiger partial charge in [-0.15, -0.1) is 11.3 Å². The second-order valence-corrected chi connectivity index (χ2v) is 7.27. The maximum absolute atomic E-state index is 14.1. The van der Waals surface area contributed by atoms with Gasteiger partial charge in [0.25, 0.3) is 0 Å². The summed E-state index contributed by atoms with van der Waals surface area (Å²) < 4.78 is 14.1. The Labute approximate surface area is 172 Å². The standard InChI is InChI=1S/C22H20FN3O2S/c1-14-7-6-9-19(15(14)2)25-21(28)12-11-17-13-29-22(24-17)26(16(3)27)20-10-5-4-8-18(20)23/h4-13H,1-3H3,(H,25,28)/b12-11+. The van der Waals surface area contributed by atoms with Crippen molar-refractivity contribution in [2.24, 2.45) is 0 Å². The minimum absolute atomic E-state index is 0.137. The molecule has 1 N–H and O–H groups in total. The van der Waals surface area contributed by atoms with Crippen molar-refractivity contribution < 1.29 is 14.0 Å². The summed E-state index contributed by atoms with van der Waals surface area (Å²) in [5.41, 5.74) is 3.49. The van der Waals surface area contributed by atoms with Crippen molar-refractivity contribution in [3.63, 3.8) is 0 Å². The fraction of sp³-hybridized carbons (Fsp3) is 0.136. The Balaban J connectivity index is 1.77. The van der Waals surface area contributed by atoms with Crippen LogP contribution in [0.1, 0.15) is 23.7 Å². The van der Waals surface area contributed by atoms with E-state index in [0.717, 1.165) is 16.8 Å². The van der Waals surface area contributed by atoms with Gasteiger partial charge >= 0.3 is 0 Å². The van der Waals surface area contributed by atoms with Crippen molar-refractivity contribution in [1.82, 2.24) is 4.98 Å². The summed E-state index contributed by atoms with van der Waals surface area (Å²) >= 11 is 1.19. The number of hydrogen-bond acceptors (Lipinski definition) is 4. The van der Waals surface area contributed by atoms with Crippen LogP contribution in [0.25, 0.3) is 6.08 Å². The molecule has 0 saturated heterocycles. The summed E-state index contributed by atoms with van der Waals surface area (Å²) in [5.74, 6) is -1.15. The first kappa shape index (κ1) is 20.4. The van der Waals surface area contributed by atoms with Crippen LogP contribution in [0.4, 0.5) is 20.9 Å². The Bertz CT molecular complexity index is 1090. The quantitative estimate of drug-likeness (QED) is 0.587. The van der Waals surface area contributed by atoms with Crippen LogP contribution in [0.15, 0.2) is 53.9 Å². The average Bonchev–Trinajstić information content (AvgIpc) is 3.14. The topological polar surface area (TPSA) is 62.3 Å². The maximum Gasteiger partial charge on any atom is 0.248 e. The largest absolute Gasteiger partial charge is 0.322 e. The number of anilines is 3. The minimum Gasteiger partial charge on any atom is -0.322 e. The van der Waals surface area contributed by atoms with Crippen molar-refractivity contribution in [1.29, 1.82) is 0 Å². The molecule has 0 aliphatic heterocycles. The van der Waals surface area contributed by atoms with Crippen LogP contribution in [0.2, 0.25) is 0 Å². The van der Waals surface area contributed by atoms with E-state index in [9.17, 15) is 14.0 Å². The van der Waals surface area contributed by atoms with Crippen molar-refractivity contribution in [2.75, 3.05) is 10.2 Å². The summed E-state index contributed by atoms with van der Waals surface area (Å²) in [6.45, 7) is 5.27. The van der Waals surface area contributed by atoms with Crippen molar-refractivity contribution in [3.05, 3.63) is 76.6 Å². The first-order valence-corrected chi connectivity index (χ1v) is 9.81. The molecule has 0 fully saturated rings. The van der Waals surface area contributed by atoms with Gasteiger partial charge in [-0.2, -0.15) is 0 Å². The van der Waals surface area contributed by atoms with Crippen LogP contribution >= 0.6 is 11.3 Å². The number of halogens is 1. The normalized spacial score (nSPS) is 10.9. The van der Waals surface area contributed by atoms with Crippen LogP contribution in [-0.4, -0.2) is 16.8 Å². The fourth-order valence-electron chi connectivity index (χ4n) is 2.72. The number of nitrogens with zero attached hydrogens (tertiary/aromatic N) is 2. The molecule has 0 saturated carbocycles. The van der Waals surface area contributed by atoms with Crippen LogP contribution in [0, 0.1) is 19.7 Å². The molecular formula is C22H20FN3O2S. The Kier molecular flexibility index (Phi) is 6.19. The van der Waals surface area contributed by atoms with Gasteiger partial charge in [0.05, 0.1) is 11.4 Å². The second-order valence-electron chi connectivity index (χ2n) is 6.43. The first-order valence-electron chi connectivity index (χ1n) is 8.93. The maximum atomic E-state index is 14.1. The summed E-state index contributed by atoms with van der Waals surface area (Å²) in [6.07, 6.45) is 2.93. The second kappa shape index (κ2) is 8.79. The average molecular weight is 409 g/mol. The number of amides is 2. The lowest BCUT2D eigenvalue weighted by Crippen LogP contribution is -2.23. The van der Waals surface area contributed by atoms with E-state index in [-0.39, 0.29) is 17.5 Å². The molecule has 0 bridgehead atoms. The number of rotatable bonds is 5. The smallest absolute Gasteiger partial charge is 0.248 e. The van der Waals surface area contributed by atoms with E-state index in [4.69, 9.17) is 0 Å². The first-order chi connectivity index (χ1) is 13.9. The number of nitrogens with one attached hydrogen (secondary N) is 1. The van der Waals surface area contributed by atoms with Gasteiger partial charge in [0, 0.05) is 24.1 Å². The van der Waals surface area contributed by atoms with Gasteiger partial charge in [0.2, 0.25) is 11.8 Å². The molecule has 3 aromatic rings. The number of aryl methyl sites for hydroxylation is 1. The van der Waals surface area contributed by atoms with Gasteiger partial charge in [-0.3, -0.25) is 14.5 Å². The van der Waals surface area contributed by atoms with Crippen LogP contribution in [0.5, 0.6) is 0 Å². The minimum atomic E-state index is -0.511. The van der Waals surface area contributed by atoms with Gasteiger partial charge in [0.1, 0.15) is 5.82 Å². The number of benzene rings is 2. The lowest BCUT2D eigenvalue weighted by molar-refractivity contribution is -0.116. The van der Waals surface area contributed by atoms with Gasteiger partial charge in [-0.05, 0) is 49.2 Å². The molecule has 0 atom stereocenters. The molecule has 3 rings (SSSR count). The Morgan fingerprint density at radius 2 is 1.90 bits per heavy atom. The van der Waals surface area contributed by atoms with Gasteiger partial charge in [0.15, 0.2) is 5.13 Å². The zero-order chi connectivity index (χ0) is 21.0. The molecule has 2 amide bonds. The highest BCUT2D eigenvalue weighted by Crippen LogP contribution is 2.31. The number of carbonyl (C=O) groups is 2. The molecule has 5 nitrogen and oxygen atoms in total. The van der Waals surface area contributed by atoms with Crippen LogP contribution in [-0.2, 0) is 9.59 Å². The third kappa shape index (κ3) is 4.75. The number of carbonyl (C=O) groups excluding carboxylic acids is 2. The predicted molar refractivity (Wildman–Crippen MR) is 115 cm³/mol. The fourth-order valence-corrected chi connectivity index (χ4v) is 3.57. The predicted octanol–water partition coefficient (Wildman–Crippen LogP) is 5.24. The Hall–Kier alpha value is -3.32. The molecular weight excluding hydrogens is 389 g/mol. The monoisotopic (exact) mass is 409 g/mol. The van der Waals surface area contributed by atoms with E-state index in [0.29, 0.717) is 10.8 Å². The van der Waals surface area contributed by atoms with Gasteiger partial charge in [-0.1, -0.05) is 24.3 Å². The highest BCUT2D eigenvalue weighted by Gasteiger charge is 2.20. The molecule has 1 aromatic heterocycles. The molecule has 0 aliphatic carbocycles. The molecule has 2 aromatic carbocycles. The van der Waals surface area contributed by atoms with E-state index >= 15 is 0 Å². The number of hydrogen-bond donors (Lipinski definition) is 1. The summed E-state index contributed by atoms with van der Waals surface area (Å²) in [4.78, 5) is 29.9. The summed E-state index contributed by atoms with van der Waals surface area (Å²) in [7, 11) is 0. The highest BCUT2D eigenvalue weighted by atomic mass is 32.1. The highest BCUT2D eigenvalue weighted by molar-refractivity contribution is 7.14. The van der Waals surface area contributed by atoms with Crippen molar-refractivity contribution in [2.45, 2.75) is 20.8 Å². The number of aromatic nitrogens is 1. The van der Waals surface area contributed by atoms with Crippen molar-refractivity contribution in [3.8, 4) is 0 Å². The summed E-state index contributed by atoms with van der Waals surface area (Å²) in [5, 5.41) is 4.87. The Morgan fingerprint density at radius 1 is 1.14 bits per heavy atom. The van der Waals surface area contributed by atoms with E-state index in [1.807, 2.05) is 32.0 Å². The molecule has 0 aliphatic rings. The van der Waals surface area contributed by atoms with Gasteiger partial charge in [-0.25, -0.2) is 9.37 Å². The van der Waals surface area contributed by atoms with Crippen LogP contribution < -0.4 is 10.2 Å². The lowest BCUT2D eigenvalue weighted by Gasteiger charge is -2.18. The van der Waals surface area contributed by atoms with E-state index in [1.165, 1.54) is 41.4 Å². The Morgan fingerprint density at radius 3 is 2.62 bits per heavy atom. The van der Waals surface area contributed by atoms with Crippen molar-refractivity contribution >= 4 is 45.7 Å². The molecule has 29 heavy (non-hydrogen) atoms. The zero-order valence-corrected chi connectivity index (χ0v) is 17.1. The molecule has 7 heteroatoms. The molecule has 0 spiro atoms. The van der Waals surface area contributed by atoms with E-state index in [1.54, 1.807) is 23.6 Å². The SMILES string of the molecule is CC(=O)N(c1nc(/C=C/C(=O)Nc2cccc(C)c2C)cs1)c1ccccc1F. The molecule has 0 radical (unpaired) electrons. The van der Waals surface area contributed by atoms with E-state index in [2.05, 4.69) is 10.3 Å². The summed E-state index contributed by atoms with van der Waals surface area (Å²) in [6, 6.07) is 11.7. The van der Waals surface area contributed by atoms with Gasteiger partial charge < -0.3 is 5.32 Å². The third-order valence-electron chi connectivity index (χ3n) is 4.38. The molecule has 148 valence electrons. The van der Waals surface area contributed by atoms with E-state index < -0.39 is 5.82 Å².